The summed E-state index contributed by atoms with van der Waals surface area (Å²) in [6.07, 6.45) is -3.16. The second-order valence-corrected chi connectivity index (χ2v) is 14.5. The summed E-state index contributed by atoms with van der Waals surface area (Å²) in [6.45, 7) is 4.34. The number of ketones is 1. The molecule has 0 fully saturated rings. The second-order valence-electron chi connectivity index (χ2n) is 12.1. The molecule has 0 radical (unpaired) electrons. The van der Waals surface area contributed by atoms with Crippen LogP contribution >= 0.6 is 21.6 Å². The lowest BCUT2D eigenvalue weighted by molar-refractivity contribution is -0.170. The van der Waals surface area contributed by atoms with Crippen molar-refractivity contribution in [2.45, 2.75) is 63.4 Å². The van der Waals surface area contributed by atoms with Gasteiger partial charge in [-0.1, -0.05) is 16.9 Å². The van der Waals surface area contributed by atoms with E-state index >= 15 is 0 Å². The Morgan fingerprint density at radius 2 is 1.75 bits per heavy atom. The van der Waals surface area contributed by atoms with Crippen LogP contribution in [0, 0.1) is 5.92 Å². The highest BCUT2D eigenvalue weighted by Crippen LogP contribution is 2.29. The average Bonchev–Trinajstić information content (AvgIpc) is 3.08. The van der Waals surface area contributed by atoms with Crippen molar-refractivity contribution in [2.75, 3.05) is 23.0 Å². The average molecular weight is 762 g/mol. The highest BCUT2D eigenvalue weighted by molar-refractivity contribution is 8.76. The number of aromatic amines is 1. The third kappa shape index (κ3) is 11.8. The van der Waals surface area contributed by atoms with Crippen LogP contribution < -0.4 is 16.2 Å². The number of Topliss-reactive ketones (excluding diaryl/α,β-unsaturated/α-hetero) is 1. The Morgan fingerprint density at radius 1 is 1.02 bits per heavy atom. The lowest BCUT2D eigenvalue weighted by Gasteiger charge is -2.24. The molecule has 52 heavy (non-hydrogen) atoms. The predicted octanol–water partition coefficient (Wildman–Crippen LogP) is 5.08. The maximum atomic E-state index is 13.6. The minimum absolute atomic E-state index is 0.0300. The monoisotopic (exact) mass is 761 g/mol. The minimum Gasteiger partial charge on any atom is -0.465 e. The number of halogens is 3. The summed E-state index contributed by atoms with van der Waals surface area (Å²) in [6, 6.07) is 10.2. The molecule has 14 nitrogen and oxygen atoms in total. The van der Waals surface area contributed by atoms with E-state index in [2.05, 4.69) is 24.9 Å². The molecule has 0 aliphatic rings. The SMILES string of the molecule is CC(C)(C)OC(=O)[C@H](CCC(=O)OCCSSc1ccccn1)CC(=O)c1ccc(N(Cc2cnc3nc(N)[nH]c(=O)c3n2)C(=O)C(F)(F)F)cc1. The molecule has 1 amide bonds. The van der Waals surface area contributed by atoms with E-state index in [-0.39, 0.29) is 59.9 Å². The number of esters is 2. The fourth-order valence-electron chi connectivity index (χ4n) is 4.55. The number of amides is 1. The number of nitrogens with zero attached hydrogens (tertiary/aromatic N) is 5. The first-order chi connectivity index (χ1) is 24.5. The van der Waals surface area contributed by atoms with E-state index in [1.165, 1.54) is 33.7 Å². The van der Waals surface area contributed by atoms with Crippen LogP contribution in [0.2, 0.25) is 0 Å². The van der Waals surface area contributed by atoms with Gasteiger partial charge in [-0.15, -0.1) is 0 Å². The molecule has 0 saturated heterocycles. The second kappa shape index (κ2) is 17.5. The zero-order chi connectivity index (χ0) is 38.1. The molecular weight excluding hydrogens is 728 g/mol. The molecule has 4 rings (SSSR count). The summed E-state index contributed by atoms with van der Waals surface area (Å²) in [5.41, 5.74) is 3.01. The van der Waals surface area contributed by atoms with Gasteiger partial charge in [0.05, 0.1) is 24.4 Å². The molecule has 0 aliphatic carbocycles. The maximum absolute atomic E-state index is 13.6. The Hall–Kier alpha value is -5.04. The number of hydrogen-bond acceptors (Lipinski definition) is 14. The highest BCUT2D eigenvalue weighted by Gasteiger charge is 2.43. The fourth-order valence-corrected chi connectivity index (χ4v) is 6.26. The van der Waals surface area contributed by atoms with Gasteiger partial charge in [-0.05, 0) is 74.4 Å². The standard InChI is InChI=1S/C33H34F3N7O7S2/c1-32(2,3)50-29(47)20(9-12-25(45)49-14-15-51-52-24-6-4-5-13-38-24)16-23(44)19-7-10-22(11-8-19)43(30(48)33(34,35)36)18-21-17-39-27-26(40-21)28(46)42-31(37)41-27/h4-8,10-11,13,17,20H,9,12,14-16,18H2,1-3H3,(H3,37,39,41,42,46)/t20-/m1/s1. The number of anilines is 2. The van der Waals surface area contributed by atoms with E-state index in [0.29, 0.717) is 10.7 Å². The topological polar surface area (TPSA) is 200 Å². The highest BCUT2D eigenvalue weighted by atomic mass is 33.1. The van der Waals surface area contributed by atoms with Crippen molar-refractivity contribution in [2.24, 2.45) is 5.92 Å². The summed E-state index contributed by atoms with van der Waals surface area (Å²) in [5.74, 6) is -4.84. The Bertz CT molecular complexity index is 1960. The number of nitrogens with two attached hydrogens (primary N) is 1. The number of ether oxygens (including phenoxy) is 2. The van der Waals surface area contributed by atoms with Crippen LogP contribution in [0.1, 0.15) is 56.1 Å². The van der Waals surface area contributed by atoms with Crippen molar-refractivity contribution in [1.82, 2.24) is 24.9 Å². The summed E-state index contributed by atoms with van der Waals surface area (Å²) < 4.78 is 51.7. The Morgan fingerprint density at radius 3 is 2.40 bits per heavy atom. The van der Waals surface area contributed by atoms with E-state index in [9.17, 15) is 37.1 Å². The number of nitrogen functional groups attached to an aromatic ring is 1. The number of hydrogen-bond donors (Lipinski definition) is 2. The van der Waals surface area contributed by atoms with Gasteiger partial charge in [-0.3, -0.25) is 33.9 Å². The largest absolute Gasteiger partial charge is 0.471 e. The van der Waals surface area contributed by atoms with Gasteiger partial charge in [0.25, 0.3) is 5.56 Å². The number of alkyl halides is 3. The van der Waals surface area contributed by atoms with Crippen molar-refractivity contribution in [3.63, 3.8) is 0 Å². The third-order valence-corrected chi connectivity index (χ3v) is 9.10. The van der Waals surface area contributed by atoms with E-state index < -0.39 is 53.4 Å². The number of nitrogens with one attached hydrogen (secondary N) is 1. The van der Waals surface area contributed by atoms with Crippen LogP contribution in [0.3, 0.4) is 0 Å². The molecule has 4 aromatic rings. The van der Waals surface area contributed by atoms with Crippen molar-refractivity contribution in [3.05, 3.63) is 76.5 Å². The molecule has 3 heterocycles. The van der Waals surface area contributed by atoms with Crippen LogP contribution in [-0.4, -0.2) is 72.7 Å². The molecule has 3 aromatic heterocycles. The molecular formula is C33H34F3N7O7S2. The molecule has 0 saturated carbocycles. The predicted molar refractivity (Wildman–Crippen MR) is 187 cm³/mol. The van der Waals surface area contributed by atoms with Crippen LogP contribution in [0.4, 0.5) is 24.8 Å². The number of H-pyrrole nitrogens is 1. The first-order valence-electron chi connectivity index (χ1n) is 15.6. The van der Waals surface area contributed by atoms with Crippen LogP contribution in [-0.2, 0) is 30.4 Å². The van der Waals surface area contributed by atoms with Crippen LogP contribution in [0.15, 0.2) is 64.7 Å². The molecule has 1 aromatic carbocycles. The van der Waals surface area contributed by atoms with E-state index in [0.717, 1.165) is 23.4 Å². The summed E-state index contributed by atoms with van der Waals surface area (Å²) in [7, 11) is 2.89. The lowest BCUT2D eigenvalue weighted by atomic mass is 9.93. The molecule has 0 spiro atoms. The molecule has 19 heteroatoms. The number of pyridine rings is 1. The van der Waals surface area contributed by atoms with E-state index in [4.69, 9.17) is 15.2 Å². The van der Waals surface area contributed by atoms with Gasteiger partial charge in [-0.25, -0.2) is 15.0 Å². The van der Waals surface area contributed by atoms with Crippen LogP contribution in [0.25, 0.3) is 11.2 Å². The Balaban J connectivity index is 1.43. The van der Waals surface area contributed by atoms with E-state index in [1.54, 1.807) is 33.0 Å². The van der Waals surface area contributed by atoms with Gasteiger partial charge in [0.2, 0.25) is 5.95 Å². The Kier molecular flexibility index (Phi) is 13.3. The molecule has 276 valence electrons. The number of carbonyl (C=O) groups is 4. The molecule has 0 aliphatic heterocycles. The number of fused-ring (bicyclic) bond motifs is 1. The number of rotatable bonds is 15. The van der Waals surface area contributed by atoms with Gasteiger partial charge in [0, 0.05) is 36.0 Å². The zero-order valence-corrected chi connectivity index (χ0v) is 29.8. The lowest BCUT2D eigenvalue weighted by Crippen LogP contribution is -2.41. The fraction of sp³-hybridized carbons (Fsp3) is 0.364. The number of benzene rings is 1. The number of aromatic nitrogens is 5. The van der Waals surface area contributed by atoms with Crippen molar-refractivity contribution in [1.29, 1.82) is 0 Å². The summed E-state index contributed by atoms with van der Waals surface area (Å²) in [4.78, 5) is 82.1. The maximum Gasteiger partial charge on any atom is 0.471 e. The van der Waals surface area contributed by atoms with Crippen LogP contribution in [0.5, 0.6) is 0 Å². The number of carbonyl (C=O) groups excluding carboxylic acids is 4. The molecule has 0 unspecified atom stereocenters. The summed E-state index contributed by atoms with van der Waals surface area (Å²) in [5, 5.41) is 0.810. The molecule has 0 bridgehead atoms. The van der Waals surface area contributed by atoms with Crippen molar-refractivity contribution < 1.29 is 41.8 Å². The first-order valence-corrected chi connectivity index (χ1v) is 17.9. The first kappa shape index (κ1) is 39.7. The van der Waals surface area contributed by atoms with Gasteiger partial charge >= 0.3 is 24.0 Å². The minimum atomic E-state index is -5.29. The normalized spacial score (nSPS) is 12.3. The van der Waals surface area contributed by atoms with Crippen molar-refractivity contribution >= 4 is 68.0 Å². The van der Waals surface area contributed by atoms with Gasteiger partial charge in [-0.2, -0.15) is 18.2 Å². The van der Waals surface area contributed by atoms with Gasteiger partial charge in [0.1, 0.15) is 17.2 Å². The smallest absolute Gasteiger partial charge is 0.465 e. The third-order valence-electron chi connectivity index (χ3n) is 6.88. The molecule has 3 N–H and O–H groups in total. The van der Waals surface area contributed by atoms with Gasteiger partial charge < -0.3 is 15.2 Å². The van der Waals surface area contributed by atoms with Crippen molar-refractivity contribution in [3.8, 4) is 0 Å². The Labute approximate surface area is 302 Å². The molecule has 1 atom stereocenters. The van der Waals surface area contributed by atoms with Gasteiger partial charge in [0.15, 0.2) is 16.9 Å². The quantitative estimate of drug-likeness (QED) is 0.0703. The van der Waals surface area contributed by atoms with E-state index in [1.807, 2.05) is 12.1 Å². The summed E-state index contributed by atoms with van der Waals surface area (Å²) >= 11 is 0. The zero-order valence-electron chi connectivity index (χ0n) is 28.1.